The maximum absolute atomic E-state index is 12.4. The molecule has 0 radical (unpaired) electrons. The van der Waals surface area contributed by atoms with E-state index in [9.17, 15) is 18.4 Å². The molecule has 1 aliphatic heterocycles. The second kappa shape index (κ2) is 7.78. The quantitative estimate of drug-likeness (QED) is 0.737. The molecule has 0 bridgehead atoms. The monoisotopic (exact) mass is 291 g/mol. The number of amides is 2. The van der Waals surface area contributed by atoms with Crippen LogP contribution >= 0.6 is 0 Å². The molecule has 1 heterocycles. The van der Waals surface area contributed by atoms with Crippen molar-refractivity contribution in [3.63, 3.8) is 0 Å². The number of piperidine rings is 1. The first-order chi connectivity index (χ1) is 9.41. The number of carbonyl (C=O) groups is 2. The number of hydrogen-bond acceptors (Lipinski definition) is 4. The molecule has 1 saturated heterocycles. The lowest BCUT2D eigenvalue weighted by atomic mass is 10.0. The van der Waals surface area contributed by atoms with Gasteiger partial charge in [0.2, 0.25) is 5.91 Å². The van der Waals surface area contributed by atoms with Crippen molar-refractivity contribution < 1.29 is 23.1 Å². The Balaban J connectivity index is 2.31. The number of ether oxygens (including phenoxy) is 1. The number of hydrogen-bond donors (Lipinski definition) is 2. The van der Waals surface area contributed by atoms with E-state index >= 15 is 0 Å². The third-order valence-corrected chi connectivity index (χ3v) is 3.17. The zero-order valence-corrected chi connectivity index (χ0v) is 11.1. The number of primary amides is 1. The molecule has 1 unspecified atom stereocenters. The fraction of sp³-hybridized carbons (Fsp3) is 0.667. The van der Waals surface area contributed by atoms with Gasteiger partial charge in [0.15, 0.2) is 0 Å². The summed E-state index contributed by atoms with van der Waals surface area (Å²) >= 11 is 0. The molecule has 0 aromatic carbocycles. The van der Waals surface area contributed by atoms with Crippen LogP contribution in [0.25, 0.3) is 0 Å². The number of carbonyl (C=O) groups excluding carboxylic acids is 2. The highest BCUT2D eigenvalue weighted by Gasteiger charge is 2.25. The van der Waals surface area contributed by atoms with E-state index in [1.165, 1.54) is 4.90 Å². The van der Waals surface area contributed by atoms with Gasteiger partial charge in [-0.2, -0.15) is 8.78 Å². The van der Waals surface area contributed by atoms with Gasteiger partial charge in [-0.15, -0.1) is 0 Å². The van der Waals surface area contributed by atoms with Crippen LogP contribution in [0, 0.1) is 0 Å². The molecule has 114 valence electrons. The van der Waals surface area contributed by atoms with Gasteiger partial charge in [-0.25, -0.2) is 4.79 Å². The molecule has 0 spiro atoms. The van der Waals surface area contributed by atoms with Gasteiger partial charge in [0.05, 0.1) is 12.6 Å². The molecule has 2 amide bonds. The Kier molecular flexibility index (Phi) is 6.37. The second-order valence-corrected chi connectivity index (χ2v) is 4.61. The average Bonchev–Trinajstić information content (AvgIpc) is 2.42. The minimum absolute atomic E-state index is 0.107. The van der Waals surface area contributed by atoms with Gasteiger partial charge in [-0.3, -0.25) is 4.79 Å². The fourth-order valence-electron chi connectivity index (χ4n) is 2.02. The van der Waals surface area contributed by atoms with Crippen LogP contribution in [0.2, 0.25) is 0 Å². The summed E-state index contributed by atoms with van der Waals surface area (Å²) in [5, 5.41) is 0. The molecule has 6 nitrogen and oxygen atoms in total. The highest BCUT2D eigenvalue weighted by atomic mass is 19.3. The smallest absolute Gasteiger partial charge is 0.404 e. The first-order valence-corrected chi connectivity index (χ1v) is 6.41. The standard InChI is InChI=1S/C12H19F2N3O3/c13-10(14)8-3-5-17(6-4-8)11(18)9(15)2-1-7-20-12(16)19/h9H,1-7,15H2,(H2,16,19). The maximum Gasteiger partial charge on any atom is 0.404 e. The molecule has 1 atom stereocenters. The van der Waals surface area contributed by atoms with Gasteiger partial charge < -0.3 is 21.1 Å². The number of likely N-dealkylation sites (tertiary alicyclic amines) is 1. The molecule has 4 N–H and O–H groups in total. The lowest BCUT2D eigenvalue weighted by Crippen LogP contribution is -2.46. The van der Waals surface area contributed by atoms with Gasteiger partial charge in [-0.05, 0) is 31.3 Å². The summed E-state index contributed by atoms with van der Waals surface area (Å²) in [6.07, 6.45) is -1.37. The minimum atomic E-state index is -1.65. The Morgan fingerprint density at radius 2 is 1.90 bits per heavy atom. The molecule has 0 aromatic heterocycles. The molecule has 0 aromatic rings. The Labute approximate surface area is 115 Å². The number of halogens is 2. The maximum atomic E-state index is 12.4. The van der Waals surface area contributed by atoms with Crippen LogP contribution < -0.4 is 11.5 Å². The normalized spacial score (nSPS) is 16.8. The lowest BCUT2D eigenvalue weighted by molar-refractivity contribution is -0.133. The van der Waals surface area contributed by atoms with Crippen LogP contribution in [0.4, 0.5) is 13.6 Å². The summed E-state index contributed by atoms with van der Waals surface area (Å²) < 4.78 is 29.3. The first-order valence-electron chi connectivity index (χ1n) is 6.41. The minimum Gasteiger partial charge on any atom is -0.450 e. The third kappa shape index (κ3) is 5.12. The summed E-state index contributed by atoms with van der Waals surface area (Å²) in [4.78, 5) is 23.8. The topological polar surface area (TPSA) is 98.6 Å². The molecule has 0 saturated carbocycles. The van der Waals surface area contributed by atoms with Crippen molar-refractivity contribution in [1.29, 1.82) is 0 Å². The van der Waals surface area contributed by atoms with Gasteiger partial charge in [0.1, 0.15) is 0 Å². The Morgan fingerprint density at radius 3 is 2.40 bits per heavy atom. The van der Waals surface area contributed by atoms with Crippen molar-refractivity contribution in [1.82, 2.24) is 4.90 Å². The van der Waals surface area contributed by atoms with Crippen LogP contribution in [0.1, 0.15) is 25.7 Å². The second-order valence-electron chi connectivity index (χ2n) is 4.61. The number of nitrogens with zero attached hydrogens (tertiary/aromatic N) is 1. The molecule has 20 heavy (non-hydrogen) atoms. The zero-order valence-electron chi connectivity index (χ0n) is 11.1. The summed E-state index contributed by atoms with van der Waals surface area (Å²) in [6, 6.07) is -0.716. The molecule has 8 heteroatoms. The SMILES string of the molecule is NC(=O)OCCCC(N)C(=O)N1CCC(=C(F)F)CC1. The molecule has 1 fully saturated rings. The van der Waals surface area contributed by atoms with Gasteiger partial charge in [0, 0.05) is 13.1 Å². The largest absolute Gasteiger partial charge is 0.450 e. The first kappa shape index (κ1) is 16.4. The van der Waals surface area contributed by atoms with E-state index in [4.69, 9.17) is 11.5 Å². The number of nitrogens with two attached hydrogens (primary N) is 2. The highest BCUT2D eigenvalue weighted by Crippen LogP contribution is 2.22. The highest BCUT2D eigenvalue weighted by molar-refractivity contribution is 5.81. The van der Waals surface area contributed by atoms with Crippen LogP contribution in [0.15, 0.2) is 11.7 Å². The van der Waals surface area contributed by atoms with Crippen molar-refractivity contribution in [2.75, 3.05) is 19.7 Å². The zero-order chi connectivity index (χ0) is 15.1. The number of rotatable bonds is 5. The predicted octanol–water partition coefficient (Wildman–Crippen LogP) is 0.962. The van der Waals surface area contributed by atoms with Crippen molar-refractivity contribution in [3.8, 4) is 0 Å². The molecule has 1 aliphatic rings. The van der Waals surface area contributed by atoms with Gasteiger partial charge in [0.25, 0.3) is 6.08 Å². The van der Waals surface area contributed by atoms with Crippen molar-refractivity contribution in [3.05, 3.63) is 11.7 Å². The Hall–Kier alpha value is -1.70. The fourth-order valence-corrected chi connectivity index (χ4v) is 2.02. The lowest BCUT2D eigenvalue weighted by Gasteiger charge is -2.30. The predicted molar refractivity (Wildman–Crippen MR) is 67.8 cm³/mol. The van der Waals surface area contributed by atoms with E-state index < -0.39 is 18.2 Å². The molecular weight excluding hydrogens is 272 g/mol. The summed E-state index contributed by atoms with van der Waals surface area (Å²) in [5.74, 6) is -0.262. The van der Waals surface area contributed by atoms with E-state index in [0.717, 1.165) is 0 Å². The van der Waals surface area contributed by atoms with E-state index in [1.54, 1.807) is 0 Å². The van der Waals surface area contributed by atoms with E-state index in [2.05, 4.69) is 4.74 Å². The van der Waals surface area contributed by atoms with Crippen LogP contribution in [0.3, 0.4) is 0 Å². The summed E-state index contributed by atoms with van der Waals surface area (Å²) in [6.45, 7) is 0.629. The summed E-state index contributed by atoms with van der Waals surface area (Å²) in [7, 11) is 0. The van der Waals surface area contributed by atoms with E-state index in [0.29, 0.717) is 12.8 Å². The Morgan fingerprint density at radius 1 is 1.30 bits per heavy atom. The van der Waals surface area contributed by atoms with Crippen LogP contribution in [-0.4, -0.2) is 42.6 Å². The van der Waals surface area contributed by atoms with Crippen LogP contribution in [-0.2, 0) is 9.53 Å². The average molecular weight is 291 g/mol. The van der Waals surface area contributed by atoms with E-state index in [-0.39, 0.29) is 44.0 Å². The Bertz CT molecular complexity index is 387. The molecular formula is C12H19F2N3O3. The molecule has 0 aliphatic carbocycles. The summed E-state index contributed by atoms with van der Waals surface area (Å²) in [5.41, 5.74) is 10.6. The van der Waals surface area contributed by atoms with Crippen molar-refractivity contribution >= 4 is 12.0 Å². The van der Waals surface area contributed by atoms with Gasteiger partial charge in [-0.1, -0.05) is 0 Å². The molecule has 1 rings (SSSR count). The third-order valence-electron chi connectivity index (χ3n) is 3.17. The van der Waals surface area contributed by atoms with Crippen molar-refractivity contribution in [2.45, 2.75) is 31.7 Å². The van der Waals surface area contributed by atoms with E-state index in [1.807, 2.05) is 0 Å². The van der Waals surface area contributed by atoms with Gasteiger partial charge >= 0.3 is 6.09 Å². The van der Waals surface area contributed by atoms with Crippen molar-refractivity contribution in [2.24, 2.45) is 11.5 Å². The van der Waals surface area contributed by atoms with Crippen LogP contribution in [0.5, 0.6) is 0 Å².